The van der Waals surface area contributed by atoms with Crippen LogP contribution in [-0.4, -0.2) is 109 Å². The van der Waals surface area contributed by atoms with Crippen LogP contribution in [0, 0.1) is 11.8 Å². The van der Waals surface area contributed by atoms with Crippen LogP contribution >= 0.6 is 0 Å². The molecule has 7 N–H and O–H groups in total. The van der Waals surface area contributed by atoms with Crippen LogP contribution in [0.4, 0.5) is 0 Å². The Balaban J connectivity index is 0.000000251. The van der Waals surface area contributed by atoms with Crippen molar-refractivity contribution in [3.05, 3.63) is 48.7 Å². The number of methoxy groups -OCH3 is 1. The highest BCUT2D eigenvalue weighted by atomic mass is 16.5. The van der Waals surface area contributed by atoms with Gasteiger partial charge in [-0.15, -0.1) is 6.58 Å². The molecule has 0 radical (unpaired) electrons. The molecular formula is C26H36N2O9. The van der Waals surface area contributed by atoms with Gasteiger partial charge in [0, 0.05) is 24.2 Å². The fraction of sp³-hybridized carbons (Fsp3) is 0.538. The van der Waals surface area contributed by atoms with Crippen LogP contribution in [0.3, 0.4) is 0 Å². The molecule has 0 amide bonds. The number of rotatable bonds is 9. The molecule has 37 heavy (non-hydrogen) atoms. The van der Waals surface area contributed by atoms with Crippen molar-refractivity contribution in [3.8, 4) is 5.75 Å². The van der Waals surface area contributed by atoms with E-state index in [-0.39, 0.29) is 6.04 Å². The number of carboxylic acid groups (broad SMARTS) is 1. The summed E-state index contributed by atoms with van der Waals surface area (Å²) in [4.78, 5) is 16.9. The van der Waals surface area contributed by atoms with E-state index in [1.807, 2.05) is 24.3 Å². The summed E-state index contributed by atoms with van der Waals surface area (Å²) in [7, 11) is 1.66. The molecule has 0 aliphatic carbocycles. The summed E-state index contributed by atoms with van der Waals surface area (Å²) in [6, 6.07) is 7.96. The lowest BCUT2D eigenvalue weighted by Crippen LogP contribution is -2.54. The molecule has 2 bridgehead atoms. The Hall–Kier alpha value is -2.64. The molecule has 2 aromatic rings. The van der Waals surface area contributed by atoms with Gasteiger partial charge < -0.3 is 40.5 Å². The number of aliphatic hydroxyl groups excluding tert-OH is 6. The van der Waals surface area contributed by atoms with Gasteiger partial charge in [-0.2, -0.15) is 0 Å². The predicted octanol–water partition coefficient (Wildman–Crippen LogP) is -0.320. The zero-order valence-electron chi connectivity index (χ0n) is 20.7. The van der Waals surface area contributed by atoms with Crippen molar-refractivity contribution in [2.24, 2.45) is 11.8 Å². The van der Waals surface area contributed by atoms with Gasteiger partial charge >= 0.3 is 5.97 Å². The SMILES string of the molecule is C=C[C@H]1CN2CC[C@H]1C[C@@H]2[C@@H](O)c1ccnc2ccc(OC)cc12.O=C(O)C(O)C(O)C(O)C(O)CO. The molecule has 4 heterocycles. The first-order chi connectivity index (χ1) is 17.6. The van der Waals surface area contributed by atoms with Crippen LogP contribution < -0.4 is 4.74 Å². The number of piperidine rings is 3. The molecule has 204 valence electrons. The Kier molecular flexibility index (Phi) is 9.96. The van der Waals surface area contributed by atoms with Crippen LogP contribution in [0.25, 0.3) is 10.9 Å². The number of ether oxygens (including phenoxy) is 1. The number of aliphatic carboxylic acids is 1. The largest absolute Gasteiger partial charge is 0.497 e. The molecule has 0 spiro atoms. The second-order valence-electron chi connectivity index (χ2n) is 9.49. The molecule has 5 unspecified atom stereocenters. The minimum absolute atomic E-state index is 0.178. The molecule has 11 nitrogen and oxygen atoms in total. The summed E-state index contributed by atoms with van der Waals surface area (Å²) in [5.74, 6) is 0.282. The average Bonchev–Trinajstić information content (AvgIpc) is 2.94. The molecule has 9 atom stereocenters. The number of fused-ring (bicyclic) bond motifs is 4. The Labute approximate surface area is 214 Å². The summed E-state index contributed by atoms with van der Waals surface area (Å²) in [6.07, 6.45) is -2.22. The average molecular weight is 521 g/mol. The lowest BCUT2D eigenvalue weighted by atomic mass is 9.73. The second-order valence-corrected chi connectivity index (χ2v) is 9.49. The van der Waals surface area contributed by atoms with E-state index >= 15 is 0 Å². The summed E-state index contributed by atoms with van der Waals surface area (Å²) in [6.45, 7) is 5.23. The van der Waals surface area contributed by atoms with E-state index in [1.165, 1.54) is 6.42 Å². The number of hydrogen-bond donors (Lipinski definition) is 7. The summed E-state index contributed by atoms with van der Waals surface area (Å²) >= 11 is 0. The molecule has 3 saturated heterocycles. The minimum Gasteiger partial charge on any atom is -0.497 e. The zero-order valence-corrected chi connectivity index (χ0v) is 20.7. The fourth-order valence-corrected chi connectivity index (χ4v) is 5.11. The normalized spacial score (nSPS) is 26.8. The van der Waals surface area contributed by atoms with Gasteiger partial charge in [-0.05, 0) is 61.1 Å². The minimum atomic E-state index is -2.20. The van der Waals surface area contributed by atoms with Crippen LogP contribution in [0.1, 0.15) is 24.5 Å². The van der Waals surface area contributed by atoms with Crippen molar-refractivity contribution in [1.82, 2.24) is 9.88 Å². The molecule has 0 saturated carbocycles. The van der Waals surface area contributed by atoms with Crippen LogP contribution in [0.2, 0.25) is 0 Å². The highest BCUT2D eigenvalue weighted by Gasteiger charge is 2.42. The van der Waals surface area contributed by atoms with Gasteiger partial charge in [-0.1, -0.05) is 6.08 Å². The Morgan fingerprint density at radius 2 is 1.95 bits per heavy atom. The number of pyridine rings is 1. The Morgan fingerprint density at radius 1 is 1.22 bits per heavy atom. The lowest BCUT2D eigenvalue weighted by Gasteiger charge is -2.50. The van der Waals surface area contributed by atoms with Gasteiger partial charge in [0.2, 0.25) is 0 Å². The van der Waals surface area contributed by atoms with Gasteiger partial charge in [0.1, 0.15) is 24.1 Å². The van der Waals surface area contributed by atoms with Crippen LogP contribution in [0.5, 0.6) is 5.75 Å². The van der Waals surface area contributed by atoms with Crippen LogP contribution in [-0.2, 0) is 4.79 Å². The third-order valence-electron chi connectivity index (χ3n) is 7.33. The van der Waals surface area contributed by atoms with E-state index < -0.39 is 43.1 Å². The molecular weight excluding hydrogens is 484 g/mol. The van der Waals surface area contributed by atoms with Crippen molar-refractivity contribution >= 4 is 16.9 Å². The maximum absolute atomic E-state index is 11.2. The molecule has 1 aromatic heterocycles. The number of aliphatic hydroxyl groups is 6. The third kappa shape index (κ3) is 6.44. The van der Waals surface area contributed by atoms with E-state index in [2.05, 4.69) is 22.5 Å². The first-order valence-electron chi connectivity index (χ1n) is 12.2. The number of carboxylic acids is 1. The highest BCUT2D eigenvalue weighted by molar-refractivity contribution is 5.84. The molecule has 3 aliphatic heterocycles. The quantitative estimate of drug-likeness (QED) is 0.215. The van der Waals surface area contributed by atoms with Gasteiger partial charge in [0.25, 0.3) is 0 Å². The predicted molar refractivity (Wildman–Crippen MR) is 134 cm³/mol. The smallest absolute Gasteiger partial charge is 0.335 e. The van der Waals surface area contributed by atoms with Gasteiger partial charge in [-0.25, -0.2) is 4.79 Å². The number of hydrogen-bond acceptors (Lipinski definition) is 10. The van der Waals surface area contributed by atoms with E-state index in [1.54, 1.807) is 13.3 Å². The van der Waals surface area contributed by atoms with E-state index in [4.69, 9.17) is 35.4 Å². The number of nitrogens with zero attached hydrogens (tertiary/aromatic N) is 2. The van der Waals surface area contributed by atoms with Crippen molar-refractivity contribution in [2.75, 3.05) is 26.8 Å². The molecule has 3 aliphatic rings. The maximum atomic E-state index is 11.2. The first-order valence-corrected chi connectivity index (χ1v) is 12.2. The Morgan fingerprint density at radius 3 is 2.51 bits per heavy atom. The van der Waals surface area contributed by atoms with Crippen LogP contribution in [0.15, 0.2) is 43.1 Å². The van der Waals surface area contributed by atoms with Crippen molar-refractivity contribution in [1.29, 1.82) is 0 Å². The highest BCUT2D eigenvalue weighted by Crippen LogP contribution is 2.42. The van der Waals surface area contributed by atoms with Crippen molar-refractivity contribution in [3.63, 3.8) is 0 Å². The van der Waals surface area contributed by atoms with Crippen molar-refractivity contribution < 1.29 is 45.3 Å². The summed E-state index contributed by atoms with van der Waals surface area (Å²) in [5, 5.41) is 63.9. The standard InChI is InChI=1S/C20H24N2O2.C6H12O7/c1-3-13-12-22-9-7-14(13)10-19(22)20(23)16-6-8-21-18-5-4-15(24-2)11-17(16)18;7-1-2(8)3(9)4(10)5(11)6(12)13/h3-6,8,11,13-14,19-20,23H,1,7,9-10,12H2,2H3;2-5,7-11H,1H2,(H,12,13)/t13-,14-,19+,20-;/m0./s1. The molecule has 11 heteroatoms. The van der Waals surface area contributed by atoms with E-state index in [0.717, 1.165) is 41.7 Å². The van der Waals surface area contributed by atoms with Crippen molar-refractivity contribution in [2.45, 2.75) is 49.4 Å². The van der Waals surface area contributed by atoms with Gasteiger partial charge in [-0.3, -0.25) is 9.88 Å². The number of carbonyl (C=O) groups is 1. The van der Waals surface area contributed by atoms with E-state index in [0.29, 0.717) is 11.8 Å². The number of aromatic nitrogens is 1. The lowest BCUT2D eigenvalue weighted by molar-refractivity contribution is -0.164. The maximum Gasteiger partial charge on any atom is 0.335 e. The zero-order chi connectivity index (χ0) is 27.3. The first kappa shape index (κ1) is 28.9. The Bertz CT molecular complexity index is 1070. The monoisotopic (exact) mass is 520 g/mol. The van der Waals surface area contributed by atoms with Gasteiger partial charge in [0.05, 0.1) is 25.3 Å². The molecule has 1 aromatic carbocycles. The summed E-state index contributed by atoms with van der Waals surface area (Å²) < 4.78 is 5.35. The summed E-state index contributed by atoms with van der Waals surface area (Å²) in [5.41, 5.74) is 1.85. The molecule has 5 rings (SSSR count). The number of benzene rings is 1. The van der Waals surface area contributed by atoms with E-state index in [9.17, 15) is 9.90 Å². The fourth-order valence-electron chi connectivity index (χ4n) is 5.11. The van der Waals surface area contributed by atoms with Gasteiger partial charge in [0.15, 0.2) is 6.10 Å². The second kappa shape index (κ2) is 12.7. The third-order valence-corrected chi connectivity index (χ3v) is 7.33. The topological polar surface area (TPSA) is 184 Å². The molecule has 3 fully saturated rings.